The Morgan fingerprint density at radius 3 is 2.39 bits per heavy atom. The highest BCUT2D eigenvalue weighted by Crippen LogP contribution is 2.27. The maximum atomic E-state index is 12.2. The van der Waals surface area contributed by atoms with Gasteiger partial charge < -0.3 is 10.2 Å². The molecule has 104 valence electrons. The van der Waals surface area contributed by atoms with Gasteiger partial charge in [0.1, 0.15) is 0 Å². The third-order valence-corrected chi connectivity index (χ3v) is 4.60. The van der Waals surface area contributed by atoms with E-state index in [-0.39, 0.29) is 0 Å². The molecule has 1 amide bonds. The molecule has 1 aliphatic heterocycles. The van der Waals surface area contributed by atoms with Gasteiger partial charge in [0.15, 0.2) is 0 Å². The number of piperidine rings is 1. The van der Waals surface area contributed by atoms with Crippen molar-refractivity contribution < 1.29 is 4.79 Å². The largest absolute Gasteiger partial charge is 0.345 e. The highest BCUT2D eigenvalue weighted by Gasteiger charge is 2.21. The second kappa shape index (κ2) is 7.13. The normalized spacial score (nSPS) is 22.9. The van der Waals surface area contributed by atoms with E-state index in [1.807, 2.05) is 11.9 Å². The molecule has 1 saturated carbocycles. The van der Waals surface area contributed by atoms with Crippen molar-refractivity contribution in [3.63, 3.8) is 0 Å². The van der Waals surface area contributed by atoms with Crippen molar-refractivity contribution in [2.24, 2.45) is 11.8 Å². The van der Waals surface area contributed by atoms with Crippen LogP contribution in [0, 0.1) is 11.8 Å². The first kappa shape index (κ1) is 13.9. The molecule has 2 fully saturated rings. The molecule has 0 aromatic heterocycles. The zero-order chi connectivity index (χ0) is 12.8. The van der Waals surface area contributed by atoms with E-state index in [4.69, 9.17) is 0 Å². The van der Waals surface area contributed by atoms with Crippen LogP contribution >= 0.6 is 0 Å². The SMILES string of the molecule is CN(CC1CCNCC1)C(=O)CC1CCCCC1. The van der Waals surface area contributed by atoms with Gasteiger partial charge in [-0.2, -0.15) is 0 Å². The summed E-state index contributed by atoms with van der Waals surface area (Å²) in [5.74, 6) is 1.76. The molecule has 0 unspecified atom stereocenters. The van der Waals surface area contributed by atoms with Gasteiger partial charge in [0.25, 0.3) is 0 Å². The highest BCUT2D eigenvalue weighted by atomic mass is 16.2. The maximum Gasteiger partial charge on any atom is 0.222 e. The van der Waals surface area contributed by atoms with E-state index in [9.17, 15) is 4.79 Å². The maximum absolute atomic E-state index is 12.2. The standard InChI is InChI=1S/C15H28N2O/c1-17(12-14-7-9-16-10-8-14)15(18)11-13-5-3-2-4-6-13/h13-14,16H,2-12H2,1H3. The van der Waals surface area contributed by atoms with E-state index in [1.54, 1.807) is 0 Å². The second-order valence-electron chi connectivity index (χ2n) is 6.18. The number of nitrogens with one attached hydrogen (secondary N) is 1. The molecule has 3 nitrogen and oxygen atoms in total. The van der Waals surface area contributed by atoms with E-state index >= 15 is 0 Å². The van der Waals surface area contributed by atoms with Gasteiger partial charge in [-0.05, 0) is 50.6 Å². The quantitative estimate of drug-likeness (QED) is 0.833. The summed E-state index contributed by atoms with van der Waals surface area (Å²) in [4.78, 5) is 14.2. The van der Waals surface area contributed by atoms with Crippen molar-refractivity contribution >= 4 is 5.91 Å². The smallest absolute Gasteiger partial charge is 0.222 e. The van der Waals surface area contributed by atoms with Gasteiger partial charge in [0.05, 0.1) is 0 Å². The zero-order valence-electron chi connectivity index (χ0n) is 11.8. The van der Waals surface area contributed by atoms with Gasteiger partial charge in [-0.3, -0.25) is 4.79 Å². The highest BCUT2D eigenvalue weighted by molar-refractivity contribution is 5.76. The molecule has 0 aromatic carbocycles. The van der Waals surface area contributed by atoms with Crippen LogP contribution in [-0.4, -0.2) is 37.5 Å². The van der Waals surface area contributed by atoms with E-state index < -0.39 is 0 Å². The molecule has 0 bridgehead atoms. The molecule has 1 N–H and O–H groups in total. The van der Waals surface area contributed by atoms with Crippen molar-refractivity contribution in [3.8, 4) is 0 Å². The Balaban J connectivity index is 1.69. The molecular weight excluding hydrogens is 224 g/mol. The summed E-state index contributed by atoms with van der Waals surface area (Å²) in [6.07, 6.45) is 9.81. The van der Waals surface area contributed by atoms with Crippen molar-refractivity contribution in [1.82, 2.24) is 10.2 Å². The van der Waals surface area contributed by atoms with E-state index in [2.05, 4.69) is 5.32 Å². The van der Waals surface area contributed by atoms with Gasteiger partial charge >= 0.3 is 0 Å². The monoisotopic (exact) mass is 252 g/mol. The molecule has 1 saturated heterocycles. The Labute approximate surface area is 111 Å². The Morgan fingerprint density at radius 2 is 1.72 bits per heavy atom. The van der Waals surface area contributed by atoms with Crippen LogP contribution in [0.4, 0.5) is 0 Å². The predicted molar refractivity (Wildman–Crippen MR) is 74.4 cm³/mol. The molecule has 2 aliphatic rings. The molecule has 18 heavy (non-hydrogen) atoms. The average Bonchev–Trinajstić information content (AvgIpc) is 2.41. The summed E-state index contributed by atoms with van der Waals surface area (Å²) in [6, 6.07) is 0. The number of carbonyl (C=O) groups is 1. The summed E-state index contributed by atoms with van der Waals surface area (Å²) < 4.78 is 0. The average molecular weight is 252 g/mol. The summed E-state index contributed by atoms with van der Waals surface area (Å²) >= 11 is 0. The number of carbonyl (C=O) groups excluding carboxylic acids is 1. The Bertz CT molecular complexity index is 255. The number of amides is 1. The molecule has 0 radical (unpaired) electrons. The third kappa shape index (κ3) is 4.27. The third-order valence-electron chi connectivity index (χ3n) is 4.60. The van der Waals surface area contributed by atoms with Gasteiger partial charge in [0.2, 0.25) is 5.91 Å². The van der Waals surface area contributed by atoms with Gasteiger partial charge in [-0.1, -0.05) is 19.3 Å². The minimum absolute atomic E-state index is 0.375. The first-order valence-corrected chi connectivity index (χ1v) is 7.70. The second-order valence-corrected chi connectivity index (χ2v) is 6.18. The lowest BCUT2D eigenvalue weighted by molar-refractivity contribution is -0.131. The summed E-state index contributed by atoms with van der Waals surface area (Å²) in [7, 11) is 1.99. The van der Waals surface area contributed by atoms with E-state index in [1.165, 1.54) is 44.9 Å². The van der Waals surface area contributed by atoms with Crippen LogP contribution in [-0.2, 0) is 4.79 Å². The number of hydrogen-bond acceptors (Lipinski definition) is 2. The minimum Gasteiger partial charge on any atom is -0.345 e. The van der Waals surface area contributed by atoms with Gasteiger partial charge in [-0.25, -0.2) is 0 Å². The van der Waals surface area contributed by atoms with Crippen LogP contribution in [0.25, 0.3) is 0 Å². The summed E-state index contributed by atoms with van der Waals surface area (Å²) in [5.41, 5.74) is 0. The molecule has 2 rings (SSSR count). The van der Waals surface area contributed by atoms with Gasteiger partial charge in [-0.15, -0.1) is 0 Å². The predicted octanol–water partition coefficient (Wildman–Crippen LogP) is 2.41. The topological polar surface area (TPSA) is 32.3 Å². The lowest BCUT2D eigenvalue weighted by atomic mass is 9.86. The number of rotatable bonds is 4. The molecular formula is C15H28N2O. The van der Waals surface area contributed by atoms with Crippen molar-refractivity contribution in [3.05, 3.63) is 0 Å². The minimum atomic E-state index is 0.375. The van der Waals surface area contributed by atoms with Crippen LogP contribution in [0.3, 0.4) is 0 Å². The summed E-state index contributed by atoms with van der Waals surface area (Å²) in [5, 5.41) is 3.38. The number of hydrogen-bond donors (Lipinski definition) is 1. The fourth-order valence-corrected chi connectivity index (χ4v) is 3.35. The first-order chi connectivity index (χ1) is 8.75. The Kier molecular flexibility index (Phi) is 5.48. The van der Waals surface area contributed by atoms with Crippen LogP contribution in [0.1, 0.15) is 51.4 Å². The zero-order valence-corrected chi connectivity index (χ0v) is 11.8. The Hall–Kier alpha value is -0.570. The van der Waals surface area contributed by atoms with Crippen LogP contribution in [0.15, 0.2) is 0 Å². The molecule has 1 heterocycles. The fourth-order valence-electron chi connectivity index (χ4n) is 3.35. The molecule has 0 atom stereocenters. The molecule has 3 heteroatoms. The van der Waals surface area contributed by atoms with Crippen LogP contribution < -0.4 is 5.32 Å². The fraction of sp³-hybridized carbons (Fsp3) is 0.933. The summed E-state index contributed by atoms with van der Waals surface area (Å²) in [6.45, 7) is 3.21. The lowest BCUT2D eigenvalue weighted by Gasteiger charge is -2.29. The van der Waals surface area contributed by atoms with Crippen molar-refractivity contribution in [2.75, 3.05) is 26.7 Å². The lowest BCUT2D eigenvalue weighted by Crippen LogP contribution is -2.37. The van der Waals surface area contributed by atoms with Gasteiger partial charge in [0, 0.05) is 20.0 Å². The number of nitrogens with zero attached hydrogens (tertiary/aromatic N) is 1. The van der Waals surface area contributed by atoms with E-state index in [0.717, 1.165) is 26.1 Å². The van der Waals surface area contributed by atoms with E-state index in [0.29, 0.717) is 17.7 Å². The van der Waals surface area contributed by atoms with Crippen LogP contribution in [0.2, 0.25) is 0 Å². The van der Waals surface area contributed by atoms with Crippen LogP contribution in [0.5, 0.6) is 0 Å². The molecule has 0 aromatic rings. The van der Waals surface area contributed by atoms with Crippen molar-refractivity contribution in [2.45, 2.75) is 51.4 Å². The van der Waals surface area contributed by atoms with Crippen molar-refractivity contribution in [1.29, 1.82) is 0 Å². The Morgan fingerprint density at radius 1 is 1.06 bits per heavy atom. The molecule has 1 aliphatic carbocycles. The molecule has 0 spiro atoms. The first-order valence-electron chi connectivity index (χ1n) is 7.70.